The summed E-state index contributed by atoms with van der Waals surface area (Å²) in [6.07, 6.45) is 7.72. The molecule has 38 heavy (non-hydrogen) atoms. The summed E-state index contributed by atoms with van der Waals surface area (Å²) in [6, 6.07) is 0. The number of esters is 1. The van der Waals surface area contributed by atoms with Crippen molar-refractivity contribution in [2.45, 2.75) is 131 Å². The first-order valence-electron chi connectivity index (χ1n) is 13.7. The van der Waals surface area contributed by atoms with Crippen LogP contribution in [0.2, 0.25) is 0 Å². The number of carbonyl (C=O) groups excluding carboxylic acids is 2. The Morgan fingerprint density at radius 1 is 1.18 bits per heavy atom. The van der Waals surface area contributed by atoms with Gasteiger partial charge in [0, 0.05) is 24.6 Å². The van der Waals surface area contributed by atoms with E-state index in [9.17, 15) is 14.7 Å². The molecule has 1 spiro atoms. The SMILES string of the molecule is C=C(I)C[C@H](Cl)CCC(=O)/C=C/[C@@](C)(O)[C@@H]1O[C@H]2CC[C@H](CC(=O)OC)O[C@@H]2[C@@H]2OC3(CCCCC3)O[C@@H]21. The number of hydrogen-bond acceptors (Lipinski definition) is 8. The van der Waals surface area contributed by atoms with E-state index < -0.39 is 35.8 Å². The highest BCUT2D eigenvalue weighted by Gasteiger charge is 2.62. The van der Waals surface area contributed by atoms with E-state index in [-0.39, 0.29) is 42.2 Å². The highest BCUT2D eigenvalue weighted by atomic mass is 127. The number of methoxy groups -OCH3 is 1. The van der Waals surface area contributed by atoms with Crippen molar-refractivity contribution in [3.05, 3.63) is 22.3 Å². The molecule has 4 aliphatic rings. The molecule has 4 fully saturated rings. The van der Waals surface area contributed by atoms with Crippen LogP contribution in [-0.2, 0) is 33.3 Å². The quantitative estimate of drug-likeness (QED) is 0.152. The lowest BCUT2D eigenvalue weighted by Crippen LogP contribution is -2.64. The molecule has 8 atom stereocenters. The molecule has 1 aliphatic carbocycles. The van der Waals surface area contributed by atoms with Gasteiger partial charge in [-0.2, -0.15) is 0 Å². The molecule has 214 valence electrons. The van der Waals surface area contributed by atoms with Crippen LogP contribution in [0.25, 0.3) is 0 Å². The zero-order valence-electron chi connectivity index (χ0n) is 22.2. The van der Waals surface area contributed by atoms with Gasteiger partial charge < -0.3 is 28.8 Å². The van der Waals surface area contributed by atoms with Crippen LogP contribution < -0.4 is 0 Å². The van der Waals surface area contributed by atoms with Gasteiger partial charge >= 0.3 is 5.97 Å². The summed E-state index contributed by atoms with van der Waals surface area (Å²) < 4.78 is 31.8. The number of fused-ring (bicyclic) bond motifs is 3. The summed E-state index contributed by atoms with van der Waals surface area (Å²) in [5.74, 6) is -1.15. The number of rotatable bonds is 10. The van der Waals surface area contributed by atoms with Gasteiger partial charge in [0.05, 0.1) is 25.7 Å². The summed E-state index contributed by atoms with van der Waals surface area (Å²) in [4.78, 5) is 24.5. The zero-order chi connectivity index (χ0) is 27.5. The third-order valence-corrected chi connectivity index (χ3v) is 8.84. The Hall–Kier alpha value is -0.560. The highest BCUT2D eigenvalue weighted by Crippen LogP contribution is 2.49. The molecule has 1 saturated carbocycles. The predicted molar refractivity (Wildman–Crippen MR) is 150 cm³/mol. The van der Waals surface area contributed by atoms with E-state index in [0.717, 1.165) is 35.7 Å². The van der Waals surface area contributed by atoms with Gasteiger partial charge in [0.1, 0.15) is 30.0 Å². The number of alkyl halides is 1. The van der Waals surface area contributed by atoms with Gasteiger partial charge in [-0.3, -0.25) is 9.59 Å². The van der Waals surface area contributed by atoms with Crippen LogP contribution in [0.5, 0.6) is 0 Å². The van der Waals surface area contributed by atoms with Gasteiger partial charge in [-0.15, -0.1) is 11.6 Å². The second-order valence-electron chi connectivity index (χ2n) is 11.2. The van der Waals surface area contributed by atoms with Gasteiger partial charge in [-0.25, -0.2) is 0 Å². The van der Waals surface area contributed by atoms with Crippen LogP contribution in [-0.4, -0.2) is 77.4 Å². The molecule has 0 unspecified atom stereocenters. The van der Waals surface area contributed by atoms with Crippen molar-refractivity contribution < 1.29 is 38.4 Å². The van der Waals surface area contributed by atoms with Crippen LogP contribution in [0.1, 0.15) is 77.6 Å². The number of carbonyl (C=O) groups is 2. The van der Waals surface area contributed by atoms with E-state index in [2.05, 4.69) is 29.2 Å². The minimum absolute atomic E-state index is 0.112. The lowest BCUT2D eigenvalue weighted by Gasteiger charge is -2.49. The smallest absolute Gasteiger partial charge is 0.308 e. The summed E-state index contributed by atoms with van der Waals surface area (Å²) in [7, 11) is 1.37. The fourth-order valence-corrected chi connectivity index (χ4v) is 7.12. The van der Waals surface area contributed by atoms with Crippen molar-refractivity contribution >= 4 is 45.9 Å². The van der Waals surface area contributed by atoms with E-state index >= 15 is 0 Å². The maximum atomic E-state index is 12.6. The van der Waals surface area contributed by atoms with Gasteiger partial charge in [-0.1, -0.05) is 13.0 Å². The van der Waals surface area contributed by atoms with Crippen molar-refractivity contribution in [2.75, 3.05) is 7.11 Å². The molecule has 0 aromatic carbocycles. The predicted octanol–water partition coefficient (Wildman–Crippen LogP) is 4.91. The average Bonchev–Trinajstić information content (AvgIpc) is 3.24. The Bertz CT molecular complexity index is 901. The fourth-order valence-electron chi connectivity index (χ4n) is 6.04. The lowest BCUT2D eigenvalue weighted by atomic mass is 9.83. The Balaban J connectivity index is 1.48. The molecule has 0 bridgehead atoms. The molecule has 3 heterocycles. The number of ketones is 1. The monoisotopic (exact) mass is 666 g/mol. The molecule has 3 saturated heterocycles. The largest absolute Gasteiger partial charge is 0.469 e. The molecule has 0 aromatic rings. The van der Waals surface area contributed by atoms with E-state index in [1.54, 1.807) is 6.92 Å². The summed E-state index contributed by atoms with van der Waals surface area (Å²) in [5, 5.41) is 11.4. The fraction of sp³-hybridized carbons (Fsp3) is 0.786. The molecule has 3 aliphatic heterocycles. The lowest BCUT2D eigenvalue weighted by molar-refractivity contribution is -0.262. The second-order valence-corrected chi connectivity index (χ2v) is 13.3. The van der Waals surface area contributed by atoms with Crippen molar-refractivity contribution in [2.24, 2.45) is 0 Å². The van der Waals surface area contributed by atoms with Crippen LogP contribution in [0.3, 0.4) is 0 Å². The van der Waals surface area contributed by atoms with Crippen molar-refractivity contribution in [1.82, 2.24) is 0 Å². The van der Waals surface area contributed by atoms with Crippen LogP contribution in [0, 0.1) is 0 Å². The van der Waals surface area contributed by atoms with E-state index in [1.165, 1.54) is 19.3 Å². The maximum absolute atomic E-state index is 12.6. The Morgan fingerprint density at radius 3 is 2.58 bits per heavy atom. The standard InChI is InChI=1S/C28H40ClIO8/c1-17(30)15-18(29)7-8-19(31)11-14-27(2,33)26-25-24(37-28(38-25)12-5-4-6-13-28)23-21(36-26)10-9-20(35-23)16-22(32)34-3/h11,14,18,20-21,23-26,33H,1,4-10,12-13,15-16H2,2-3H3/b14-11+/t18-,20-,21+,23+,24+,25+,26-,27-/m1/s1. The first-order chi connectivity index (χ1) is 18.0. The van der Waals surface area contributed by atoms with Gasteiger partial charge in [0.25, 0.3) is 0 Å². The van der Waals surface area contributed by atoms with E-state index in [1.807, 2.05) is 0 Å². The van der Waals surface area contributed by atoms with Gasteiger partial charge in [-0.05, 0) is 83.8 Å². The normalized spacial score (nSPS) is 34.8. The molecule has 0 radical (unpaired) electrons. The van der Waals surface area contributed by atoms with Crippen LogP contribution in [0.15, 0.2) is 22.3 Å². The summed E-state index contributed by atoms with van der Waals surface area (Å²) in [6.45, 7) is 5.50. The van der Waals surface area contributed by atoms with E-state index in [0.29, 0.717) is 25.7 Å². The molecule has 4 rings (SSSR count). The molecule has 8 nitrogen and oxygen atoms in total. The molecular formula is C28H40ClIO8. The minimum Gasteiger partial charge on any atom is -0.469 e. The number of hydrogen-bond donors (Lipinski definition) is 1. The van der Waals surface area contributed by atoms with Crippen LogP contribution in [0.4, 0.5) is 0 Å². The van der Waals surface area contributed by atoms with Crippen molar-refractivity contribution in [1.29, 1.82) is 0 Å². The van der Waals surface area contributed by atoms with Gasteiger partial charge in [0.2, 0.25) is 0 Å². The second kappa shape index (κ2) is 13.0. The molecule has 1 N–H and O–H groups in total. The third-order valence-electron chi connectivity index (χ3n) is 8.03. The Kier molecular flexibility index (Phi) is 10.4. The highest BCUT2D eigenvalue weighted by molar-refractivity contribution is 14.1. The topological polar surface area (TPSA) is 101 Å². The Labute approximate surface area is 243 Å². The molecule has 0 amide bonds. The molecule has 10 heteroatoms. The molecular weight excluding hydrogens is 627 g/mol. The first-order valence-corrected chi connectivity index (χ1v) is 15.2. The zero-order valence-corrected chi connectivity index (χ0v) is 25.2. The first kappa shape index (κ1) is 30.4. The number of allylic oxidation sites excluding steroid dienone is 2. The van der Waals surface area contributed by atoms with E-state index in [4.69, 9.17) is 35.3 Å². The number of aliphatic hydroxyl groups is 1. The van der Waals surface area contributed by atoms with Crippen molar-refractivity contribution in [3.8, 4) is 0 Å². The molecule has 0 aromatic heterocycles. The summed E-state index contributed by atoms with van der Waals surface area (Å²) >= 11 is 8.43. The average molecular weight is 667 g/mol. The maximum Gasteiger partial charge on any atom is 0.308 e. The summed E-state index contributed by atoms with van der Waals surface area (Å²) in [5.41, 5.74) is -1.48. The van der Waals surface area contributed by atoms with Crippen molar-refractivity contribution in [3.63, 3.8) is 0 Å². The number of halogens is 2. The van der Waals surface area contributed by atoms with Gasteiger partial charge in [0.15, 0.2) is 11.6 Å². The number of ether oxygens (including phenoxy) is 5. The third kappa shape index (κ3) is 7.39. The van der Waals surface area contributed by atoms with Crippen LogP contribution >= 0.6 is 34.2 Å². The Morgan fingerprint density at radius 2 is 1.89 bits per heavy atom. The minimum atomic E-state index is -1.48.